The summed E-state index contributed by atoms with van der Waals surface area (Å²) < 4.78 is 12.9. The average molecular weight is 355 g/mol. The van der Waals surface area contributed by atoms with E-state index in [1.807, 2.05) is 18.2 Å². The summed E-state index contributed by atoms with van der Waals surface area (Å²) >= 11 is 0. The standard InChI is InChI=1S/C21H24FN3O/c22-19-8-10-20(11-9-19)23-21(26)17-25-15-13-24(14-16-25)12-4-7-18-5-2-1-3-6-18/h1-11H,12-17H2,(H,23,26)/p+2/b7-4+. The number of piperazine rings is 1. The molecule has 5 heteroatoms. The van der Waals surface area contributed by atoms with Gasteiger partial charge in [-0.3, -0.25) is 4.79 Å². The van der Waals surface area contributed by atoms with Crippen molar-refractivity contribution in [1.82, 2.24) is 0 Å². The zero-order valence-electron chi connectivity index (χ0n) is 14.9. The van der Waals surface area contributed by atoms with Gasteiger partial charge in [-0.25, -0.2) is 4.39 Å². The Morgan fingerprint density at radius 3 is 2.31 bits per heavy atom. The van der Waals surface area contributed by atoms with Gasteiger partial charge in [-0.15, -0.1) is 0 Å². The fourth-order valence-corrected chi connectivity index (χ4v) is 3.23. The fourth-order valence-electron chi connectivity index (χ4n) is 3.23. The largest absolute Gasteiger partial charge is 0.322 e. The van der Waals surface area contributed by atoms with Gasteiger partial charge in [0.25, 0.3) is 5.91 Å². The lowest BCUT2D eigenvalue weighted by molar-refractivity contribution is -1.01. The molecular formula is C21H26FN3O+2. The van der Waals surface area contributed by atoms with Crippen LogP contribution in [0.4, 0.5) is 10.1 Å². The van der Waals surface area contributed by atoms with Crippen molar-refractivity contribution < 1.29 is 19.0 Å². The Hall–Kier alpha value is -2.50. The number of halogens is 1. The van der Waals surface area contributed by atoms with Crippen molar-refractivity contribution in [3.63, 3.8) is 0 Å². The lowest BCUT2D eigenvalue weighted by Gasteiger charge is -2.28. The van der Waals surface area contributed by atoms with E-state index in [9.17, 15) is 9.18 Å². The second kappa shape index (κ2) is 9.27. The smallest absolute Gasteiger partial charge is 0.279 e. The molecule has 26 heavy (non-hydrogen) atoms. The van der Waals surface area contributed by atoms with Crippen molar-refractivity contribution in [3.05, 3.63) is 72.1 Å². The first-order valence-corrected chi connectivity index (χ1v) is 9.13. The number of benzene rings is 2. The molecule has 1 aliphatic heterocycles. The van der Waals surface area contributed by atoms with E-state index in [0.29, 0.717) is 12.2 Å². The first kappa shape index (κ1) is 18.3. The first-order valence-electron chi connectivity index (χ1n) is 9.13. The number of carbonyl (C=O) groups excluding carboxylic acids is 1. The van der Waals surface area contributed by atoms with Gasteiger partial charge in [-0.05, 0) is 35.9 Å². The van der Waals surface area contributed by atoms with Crippen LogP contribution in [0.15, 0.2) is 60.7 Å². The van der Waals surface area contributed by atoms with Crippen LogP contribution in [0.25, 0.3) is 6.08 Å². The third-order valence-corrected chi connectivity index (χ3v) is 4.72. The van der Waals surface area contributed by atoms with Crippen molar-refractivity contribution >= 4 is 17.7 Å². The molecule has 0 aliphatic carbocycles. The van der Waals surface area contributed by atoms with Gasteiger partial charge in [0.05, 0.1) is 6.54 Å². The summed E-state index contributed by atoms with van der Waals surface area (Å²) in [5.74, 6) is -0.312. The van der Waals surface area contributed by atoms with Crippen LogP contribution in [-0.2, 0) is 4.79 Å². The summed E-state index contributed by atoms with van der Waals surface area (Å²) in [4.78, 5) is 15.0. The molecule has 3 rings (SSSR count). The SMILES string of the molecule is O=C(C[NH+]1CC[NH+](C/C=C/c2ccccc2)CC1)Nc1ccc(F)cc1. The van der Waals surface area contributed by atoms with E-state index in [-0.39, 0.29) is 11.7 Å². The van der Waals surface area contributed by atoms with Gasteiger partial charge in [-0.1, -0.05) is 36.4 Å². The quantitative estimate of drug-likeness (QED) is 0.683. The Labute approximate surface area is 153 Å². The van der Waals surface area contributed by atoms with Crippen LogP contribution in [0.5, 0.6) is 0 Å². The molecule has 2 aromatic rings. The van der Waals surface area contributed by atoms with Gasteiger partial charge in [-0.2, -0.15) is 0 Å². The van der Waals surface area contributed by atoms with Gasteiger partial charge >= 0.3 is 0 Å². The molecule has 1 fully saturated rings. The van der Waals surface area contributed by atoms with Crippen molar-refractivity contribution in [2.75, 3.05) is 44.6 Å². The maximum atomic E-state index is 12.9. The summed E-state index contributed by atoms with van der Waals surface area (Å²) in [5.41, 5.74) is 1.87. The molecule has 0 unspecified atom stereocenters. The van der Waals surface area contributed by atoms with Gasteiger partial charge in [0.2, 0.25) is 0 Å². The van der Waals surface area contributed by atoms with Gasteiger partial charge in [0.1, 0.15) is 32.0 Å². The molecule has 0 aromatic heterocycles. The summed E-state index contributed by atoms with van der Waals surface area (Å²) in [6.07, 6.45) is 4.40. The monoisotopic (exact) mass is 355 g/mol. The highest BCUT2D eigenvalue weighted by Gasteiger charge is 2.23. The maximum Gasteiger partial charge on any atom is 0.279 e. The molecule has 0 spiro atoms. The summed E-state index contributed by atoms with van der Waals surface area (Å²) in [5, 5.41) is 2.84. The van der Waals surface area contributed by atoms with Crippen LogP contribution in [-0.4, -0.2) is 45.2 Å². The highest BCUT2D eigenvalue weighted by atomic mass is 19.1. The van der Waals surface area contributed by atoms with Crippen molar-refractivity contribution in [1.29, 1.82) is 0 Å². The number of carbonyl (C=O) groups is 1. The molecule has 1 amide bonds. The molecule has 0 bridgehead atoms. The fraction of sp³-hybridized carbons (Fsp3) is 0.286. The first-order chi connectivity index (χ1) is 12.7. The molecule has 136 valence electrons. The van der Waals surface area contributed by atoms with E-state index in [0.717, 1.165) is 32.7 Å². The Balaban J connectivity index is 1.37. The number of nitrogens with one attached hydrogen (secondary N) is 3. The van der Waals surface area contributed by atoms with Gasteiger partial charge in [0.15, 0.2) is 6.54 Å². The topological polar surface area (TPSA) is 38.0 Å². The number of rotatable bonds is 6. The molecule has 1 saturated heterocycles. The maximum absolute atomic E-state index is 12.9. The normalized spacial score (nSPS) is 20.2. The van der Waals surface area contributed by atoms with Crippen LogP contribution in [0.1, 0.15) is 5.56 Å². The molecule has 1 heterocycles. The third kappa shape index (κ3) is 5.79. The number of hydrogen-bond acceptors (Lipinski definition) is 1. The van der Waals surface area contributed by atoms with Crippen molar-refractivity contribution in [3.8, 4) is 0 Å². The molecular weight excluding hydrogens is 329 g/mol. The Kier molecular flexibility index (Phi) is 6.52. The Morgan fingerprint density at radius 2 is 1.62 bits per heavy atom. The van der Waals surface area contributed by atoms with E-state index in [2.05, 4.69) is 29.6 Å². The average Bonchev–Trinajstić information content (AvgIpc) is 2.66. The van der Waals surface area contributed by atoms with Crippen LogP contribution < -0.4 is 15.1 Å². The Morgan fingerprint density at radius 1 is 0.962 bits per heavy atom. The lowest BCUT2D eigenvalue weighted by atomic mass is 10.2. The van der Waals surface area contributed by atoms with Gasteiger partial charge in [0, 0.05) is 5.69 Å². The molecule has 3 N–H and O–H groups in total. The minimum atomic E-state index is -0.297. The molecule has 2 aromatic carbocycles. The van der Waals surface area contributed by atoms with Gasteiger partial charge < -0.3 is 15.1 Å². The van der Waals surface area contributed by atoms with Crippen molar-refractivity contribution in [2.24, 2.45) is 0 Å². The van der Waals surface area contributed by atoms with E-state index in [1.54, 1.807) is 17.0 Å². The number of quaternary nitrogens is 2. The van der Waals surface area contributed by atoms with E-state index < -0.39 is 0 Å². The highest BCUT2D eigenvalue weighted by molar-refractivity contribution is 5.91. The predicted octanol–water partition coefficient (Wildman–Crippen LogP) is 0.261. The van der Waals surface area contributed by atoms with E-state index >= 15 is 0 Å². The number of amides is 1. The second-order valence-corrected chi connectivity index (χ2v) is 6.75. The number of anilines is 1. The second-order valence-electron chi connectivity index (χ2n) is 6.75. The summed E-state index contributed by atoms with van der Waals surface area (Å²) in [6.45, 7) is 5.60. The molecule has 0 radical (unpaired) electrons. The summed E-state index contributed by atoms with van der Waals surface area (Å²) in [7, 11) is 0. The van der Waals surface area contributed by atoms with Crippen LogP contribution >= 0.6 is 0 Å². The molecule has 0 atom stereocenters. The lowest BCUT2D eigenvalue weighted by Crippen LogP contribution is -3.28. The predicted molar refractivity (Wildman–Crippen MR) is 102 cm³/mol. The van der Waals surface area contributed by atoms with E-state index in [1.165, 1.54) is 22.6 Å². The zero-order valence-corrected chi connectivity index (χ0v) is 14.9. The molecule has 4 nitrogen and oxygen atoms in total. The molecule has 0 saturated carbocycles. The summed E-state index contributed by atoms with van der Waals surface area (Å²) in [6, 6.07) is 16.2. The van der Waals surface area contributed by atoms with Crippen LogP contribution in [0, 0.1) is 5.82 Å². The van der Waals surface area contributed by atoms with E-state index in [4.69, 9.17) is 0 Å². The van der Waals surface area contributed by atoms with Crippen molar-refractivity contribution in [2.45, 2.75) is 0 Å². The highest BCUT2D eigenvalue weighted by Crippen LogP contribution is 2.07. The number of hydrogen-bond donors (Lipinski definition) is 3. The minimum absolute atomic E-state index is 0.0148. The zero-order chi connectivity index (χ0) is 18.2. The Bertz CT molecular complexity index is 723. The van der Waals surface area contributed by atoms with Crippen LogP contribution in [0.3, 0.4) is 0 Å². The third-order valence-electron chi connectivity index (χ3n) is 4.72. The minimum Gasteiger partial charge on any atom is -0.322 e. The van der Waals surface area contributed by atoms with Crippen LogP contribution in [0.2, 0.25) is 0 Å². The molecule has 1 aliphatic rings.